The first kappa shape index (κ1) is 12.3. The summed E-state index contributed by atoms with van der Waals surface area (Å²) in [4.78, 5) is 14.1. The van der Waals surface area contributed by atoms with Gasteiger partial charge in [0.1, 0.15) is 24.2 Å². The molecule has 0 spiro atoms. The van der Waals surface area contributed by atoms with E-state index in [1.807, 2.05) is 0 Å². The Balaban J connectivity index is 1.78. The number of amidine groups is 1. The van der Waals surface area contributed by atoms with Crippen LogP contribution in [-0.4, -0.2) is 70.5 Å². The second kappa shape index (κ2) is 4.44. The fourth-order valence-electron chi connectivity index (χ4n) is 2.49. The number of aliphatic hydroxyl groups is 2. The molecule has 104 valence electrons. The Hall–Kier alpha value is -1.71. The Kier molecular flexibility index (Phi) is 2.88. The van der Waals surface area contributed by atoms with E-state index in [0.29, 0.717) is 12.3 Å². The number of aliphatic hydroxyl groups excluding tert-OH is 2. The van der Waals surface area contributed by atoms with Crippen molar-refractivity contribution in [2.75, 3.05) is 6.61 Å². The molecule has 6 N–H and O–H groups in total. The van der Waals surface area contributed by atoms with Gasteiger partial charge in [0.15, 0.2) is 6.17 Å². The molecule has 0 saturated carbocycles. The van der Waals surface area contributed by atoms with Gasteiger partial charge in [0.2, 0.25) is 5.96 Å². The smallest absolute Gasteiger partial charge is 0.219 e. The zero-order chi connectivity index (χ0) is 13.6. The second-order valence-electron chi connectivity index (χ2n) is 4.71. The third kappa shape index (κ3) is 1.95. The van der Waals surface area contributed by atoms with Crippen LogP contribution >= 0.6 is 0 Å². The lowest BCUT2D eigenvalue weighted by Crippen LogP contribution is -2.49. The Morgan fingerprint density at radius 3 is 2.95 bits per heavy atom. The maximum absolute atomic E-state index is 9.75. The molecule has 3 rings (SSSR count). The molecule has 3 aliphatic rings. The Morgan fingerprint density at radius 1 is 1.47 bits per heavy atom. The van der Waals surface area contributed by atoms with Gasteiger partial charge in [-0.25, -0.2) is 4.99 Å². The maximum atomic E-state index is 9.75. The molecule has 0 aromatic rings. The number of fused-ring (bicyclic) bond motifs is 1. The number of nitrogens with zero attached hydrogens (tertiary/aromatic N) is 4. The van der Waals surface area contributed by atoms with E-state index < -0.39 is 24.6 Å². The lowest BCUT2D eigenvalue weighted by Gasteiger charge is -2.30. The summed E-state index contributed by atoms with van der Waals surface area (Å²) in [6.07, 6.45) is -0.156. The summed E-state index contributed by atoms with van der Waals surface area (Å²) in [5, 5.41) is 18.8. The van der Waals surface area contributed by atoms with Gasteiger partial charge in [-0.3, -0.25) is 4.99 Å². The molecule has 0 aromatic heterocycles. The summed E-state index contributed by atoms with van der Waals surface area (Å²) in [6.45, 7) is -0.230. The molecule has 5 atom stereocenters. The zero-order valence-corrected chi connectivity index (χ0v) is 10.1. The van der Waals surface area contributed by atoms with Crippen LogP contribution in [0.3, 0.4) is 0 Å². The highest BCUT2D eigenvalue weighted by molar-refractivity contribution is 6.01. The van der Waals surface area contributed by atoms with Crippen molar-refractivity contribution in [2.24, 2.45) is 26.4 Å². The fourth-order valence-corrected chi connectivity index (χ4v) is 2.49. The lowest BCUT2D eigenvalue weighted by atomic mass is 10.1. The summed E-state index contributed by atoms with van der Waals surface area (Å²) in [6, 6.07) is -0.374. The molecule has 0 radical (unpaired) electrons. The highest BCUT2D eigenvalue weighted by Gasteiger charge is 2.44. The Morgan fingerprint density at radius 2 is 2.26 bits per heavy atom. The average molecular weight is 268 g/mol. The van der Waals surface area contributed by atoms with E-state index in [-0.39, 0.29) is 18.6 Å². The van der Waals surface area contributed by atoms with Gasteiger partial charge in [0.05, 0.1) is 19.0 Å². The molecule has 3 heterocycles. The standard InChI is InChI=1S/C10H16N6O3/c11-8-7-9(15-10(12)14-8)16(3-13-7)6-1-4(18)5(2-17)19-6/h3-7,9,17-18H,1-2H2,(H4,11,12,14,15)/t4-,5+,6?,7?,9?/m0/s1. The summed E-state index contributed by atoms with van der Waals surface area (Å²) in [7, 11) is 0. The van der Waals surface area contributed by atoms with Crippen LogP contribution in [-0.2, 0) is 4.74 Å². The molecule has 0 amide bonds. The predicted octanol–water partition coefficient (Wildman–Crippen LogP) is -2.82. The SMILES string of the molecule is NC1=NC2C(N=CN2C2C[C@H](O)[C@@H](CO)O2)C(N)=N1. The Bertz CT molecular complexity index is 464. The van der Waals surface area contributed by atoms with E-state index in [4.69, 9.17) is 21.3 Å². The first-order valence-corrected chi connectivity index (χ1v) is 6.02. The number of nitrogens with two attached hydrogens (primary N) is 2. The summed E-state index contributed by atoms with van der Waals surface area (Å²) in [5.41, 5.74) is 11.4. The van der Waals surface area contributed by atoms with Crippen molar-refractivity contribution >= 4 is 18.1 Å². The molecule has 0 bridgehead atoms. The molecular weight excluding hydrogens is 252 g/mol. The molecule has 1 saturated heterocycles. The van der Waals surface area contributed by atoms with E-state index in [0.717, 1.165) is 0 Å². The molecule has 9 heteroatoms. The molecule has 0 aromatic carbocycles. The van der Waals surface area contributed by atoms with Crippen molar-refractivity contribution in [2.45, 2.75) is 37.1 Å². The van der Waals surface area contributed by atoms with Crippen molar-refractivity contribution in [1.82, 2.24) is 4.90 Å². The molecular formula is C10H16N6O3. The van der Waals surface area contributed by atoms with E-state index >= 15 is 0 Å². The summed E-state index contributed by atoms with van der Waals surface area (Å²) >= 11 is 0. The normalized spacial score (nSPS) is 41.2. The van der Waals surface area contributed by atoms with Crippen molar-refractivity contribution < 1.29 is 14.9 Å². The number of guanidine groups is 1. The average Bonchev–Trinajstić information content (AvgIpc) is 2.92. The van der Waals surface area contributed by atoms with E-state index in [1.165, 1.54) is 0 Å². The van der Waals surface area contributed by atoms with Gasteiger partial charge in [-0.15, -0.1) is 0 Å². The van der Waals surface area contributed by atoms with Crippen LogP contribution in [0, 0.1) is 0 Å². The van der Waals surface area contributed by atoms with E-state index in [2.05, 4.69) is 15.0 Å². The van der Waals surface area contributed by atoms with Crippen molar-refractivity contribution in [3.8, 4) is 0 Å². The largest absolute Gasteiger partial charge is 0.394 e. The van der Waals surface area contributed by atoms with E-state index in [1.54, 1.807) is 11.2 Å². The quantitative estimate of drug-likeness (QED) is 0.425. The minimum atomic E-state index is -0.710. The Labute approximate surface area is 109 Å². The number of hydrogen-bond acceptors (Lipinski definition) is 9. The molecule has 1 fully saturated rings. The monoisotopic (exact) mass is 268 g/mol. The maximum Gasteiger partial charge on any atom is 0.219 e. The molecule has 19 heavy (non-hydrogen) atoms. The fraction of sp³-hybridized carbons (Fsp3) is 0.700. The van der Waals surface area contributed by atoms with Crippen molar-refractivity contribution in [3.05, 3.63) is 0 Å². The van der Waals surface area contributed by atoms with Gasteiger partial charge in [-0.05, 0) is 0 Å². The summed E-state index contributed by atoms with van der Waals surface area (Å²) in [5.74, 6) is 0.417. The van der Waals surface area contributed by atoms with Gasteiger partial charge in [0, 0.05) is 6.42 Å². The van der Waals surface area contributed by atoms with Crippen LogP contribution in [0.2, 0.25) is 0 Å². The van der Waals surface area contributed by atoms with Gasteiger partial charge in [-0.2, -0.15) is 4.99 Å². The third-order valence-electron chi connectivity index (χ3n) is 3.48. The second-order valence-corrected chi connectivity index (χ2v) is 4.71. The molecule has 3 aliphatic heterocycles. The van der Waals surface area contributed by atoms with Crippen LogP contribution in [0.4, 0.5) is 0 Å². The molecule has 0 aliphatic carbocycles. The highest BCUT2D eigenvalue weighted by Crippen LogP contribution is 2.29. The highest BCUT2D eigenvalue weighted by atomic mass is 16.5. The van der Waals surface area contributed by atoms with Crippen LogP contribution < -0.4 is 11.5 Å². The van der Waals surface area contributed by atoms with Gasteiger partial charge in [0.25, 0.3) is 0 Å². The summed E-state index contributed by atoms with van der Waals surface area (Å²) < 4.78 is 5.57. The number of aliphatic imine (C=N–C) groups is 3. The third-order valence-corrected chi connectivity index (χ3v) is 3.48. The van der Waals surface area contributed by atoms with Gasteiger partial charge < -0.3 is 31.3 Å². The minimum Gasteiger partial charge on any atom is -0.394 e. The molecule has 9 nitrogen and oxygen atoms in total. The van der Waals surface area contributed by atoms with Crippen LogP contribution in [0.25, 0.3) is 0 Å². The number of rotatable bonds is 2. The van der Waals surface area contributed by atoms with Crippen molar-refractivity contribution in [3.63, 3.8) is 0 Å². The van der Waals surface area contributed by atoms with Crippen LogP contribution in [0.15, 0.2) is 15.0 Å². The lowest BCUT2D eigenvalue weighted by molar-refractivity contribution is -0.0629. The van der Waals surface area contributed by atoms with Crippen molar-refractivity contribution in [1.29, 1.82) is 0 Å². The van der Waals surface area contributed by atoms with Gasteiger partial charge >= 0.3 is 0 Å². The predicted molar refractivity (Wildman–Crippen MR) is 67.5 cm³/mol. The first-order valence-electron chi connectivity index (χ1n) is 6.02. The number of ether oxygens (including phenoxy) is 1. The molecule has 3 unspecified atom stereocenters. The first-order chi connectivity index (χ1) is 9.10. The van der Waals surface area contributed by atoms with E-state index in [9.17, 15) is 5.11 Å². The van der Waals surface area contributed by atoms with Crippen LogP contribution in [0.1, 0.15) is 6.42 Å². The number of hydrogen-bond donors (Lipinski definition) is 4. The topological polar surface area (TPSA) is 142 Å². The zero-order valence-electron chi connectivity index (χ0n) is 10.1. The minimum absolute atomic E-state index is 0.103. The van der Waals surface area contributed by atoms with Gasteiger partial charge in [-0.1, -0.05) is 0 Å². The van der Waals surface area contributed by atoms with Crippen LogP contribution in [0.5, 0.6) is 0 Å².